The Morgan fingerprint density at radius 2 is 1.61 bits per heavy atom. The zero-order valence-electron chi connectivity index (χ0n) is 23.4. The third-order valence-corrected chi connectivity index (χ3v) is 8.54. The summed E-state index contributed by atoms with van der Waals surface area (Å²) in [7, 11) is 1.80. The van der Waals surface area contributed by atoms with Crippen molar-refractivity contribution in [1.82, 2.24) is 24.7 Å². The van der Waals surface area contributed by atoms with Crippen molar-refractivity contribution < 1.29 is 14.3 Å². The maximum atomic E-state index is 13.9. The molecule has 9 heteroatoms. The number of nitrogens with zero attached hydrogens (tertiary/aromatic N) is 3. The number of hydrogen-bond acceptors (Lipinski definition) is 5. The summed E-state index contributed by atoms with van der Waals surface area (Å²) < 4.78 is 9.26. The van der Waals surface area contributed by atoms with Gasteiger partial charge in [0.25, 0.3) is 0 Å². The molecule has 0 unspecified atom stereocenters. The van der Waals surface area contributed by atoms with Gasteiger partial charge in [-0.3, -0.25) is 13.9 Å². The van der Waals surface area contributed by atoms with E-state index in [-0.39, 0.29) is 23.7 Å². The molecule has 2 saturated heterocycles. The van der Waals surface area contributed by atoms with E-state index >= 15 is 0 Å². The fourth-order valence-corrected chi connectivity index (χ4v) is 6.28. The van der Waals surface area contributed by atoms with E-state index in [0.717, 1.165) is 53.3 Å². The van der Waals surface area contributed by atoms with Crippen molar-refractivity contribution in [3.05, 3.63) is 82.8 Å². The minimum Gasteiger partial charge on any atom is -0.446 e. The Balaban J connectivity index is 1.18. The van der Waals surface area contributed by atoms with Gasteiger partial charge in [0.15, 0.2) is 0 Å². The van der Waals surface area contributed by atoms with Crippen LogP contribution in [0.3, 0.4) is 0 Å². The molecule has 2 aliphatic heterocycles. The molecule has 0 bridgehead atoms. The molecule has 2 N–H and O–H groups in total. The van der Waals surface area contributed by atoms with E-state index in [4.69, 9.17) is 4.74 Å². The minimum atomic E-state index is -0.748. The lowest BCUT2D eigenvalue weighted by molar-refractivity contribution is -0.134. The lowest BCUT2D eigenvalue weighted by Crippen LogP contribution is -2.52. The second-order valence-corrected chi connectivity index (χ2v) is 11.2. The smallest absolute Gasteiger partial charge is 0.408 e. The number of likely N-dealkylation sites (tertiary alicyclic amines) is 1. The third kappa shape index (κ3) is 5.72. The molecule has 2 aliphatic rings. The zero-order valence-corrected chi connectivity index (χ0v) is 23.4. The average Bonchev–Trinajstić information content (AvgIpc) is 3.26. The van der Waals surface area contributed by atoms with Gasteiger partial charge in [-0.2, -0.15) is 0 Å². The van der Waals surface area contributed by atoms with Gasteiger partial charge in [-0.1, -0.05) is 54.6 Å². The van der Waals surface area contributed by atoms with Crippen LogP contribution in [-0.2, 0) is 23.0 Å². The first-order valence-corrected chi connectivity index (χ1v) is 14.6. The maximum absolute atomic E-state index is 13.9. The summed E-state index contributed by atoms with van der Waals surface area (Å²) in [6.07, 6.45) is 2.53. The summed E-state index contributed by atoms with van der Waals surface area (Å²) in [6, 6.07) is 21.3. The number of aryl methyl sites for hydroxylation is 1. The van der Waals surface area contributed by atoms with Crippen LogP contribution in [0.2, 0.25) is 0 Å². The summed E-state index contributed by atoms with van der Waals surface area (Å²) in [5, 5.41) is 8.40. The van der Waals surface area contributed by atoms with Crippen molar-refractivity contribution in [1.29, 1.82) is 0 Å². The quantitative estimate of drug-likeness (QED) is 0.378. The number of nitrogens with one attached hydrogen (secondary N) is 2. The fraction of sp³-hybridized carbons (Fsp3) is 0.406. The second kappa shape index (κ2) is 11.8. The molecular formula is C32H37N5O4. The van der Waals surface area contributed by atoms with Gasteiger partial charge in [-0.15, -0.1) is 0 Å². The predicted octanol–water partition coefficient (Wildman–Crippen LogP) is 3.75. The van der Waals surface area contributed by atoms with Crippen molar-refractivity contribution in [3.63, 3.8) is 0 Å². The molecule has 41 heavy (non-hydrogen) atoms. The minimum absolute atomic E-state index is 0.00873. The molecule has 1 atom stereocenters. The van der Waals surface area contributed by atoms with Gasteiger partial charge < -0.3 is 20.3 Å². The Hall–Kier alpha value is -4.11. The molecule has 9 nitrogen and oxygen atoms in total. The van der Waals surface area contributed by atoms with Crippen LogP contribution >= 0.6 is 0 Å². The monoisotopic (exact) mass is 555 g/mol. The number of imidazole rings is 1. The van der Waals surface area contributed by atoms with Gasteiger partial charge in [0.1, 0.15) is 12.1 Å². The van der Waals surface area contributed by atoms with Crippen molar-refractivity contribution in [3.8, 4) is 0 Å². The van der Waals surface area contributed by atoms with Crippen molar-refractivity contribution in [2.45, 2.75) is 50.3 Å². The number of carbonyl (C=O) groups is 2. The number of amides is 2. The third-order valence-electron chi connectivity index (χ3n) is 8.54. The van der Waals surface area contributed by atoms with Crippen LogP contribution in [0, 0.1) is 0 Å². The lowest BCUT2D eigenvalue weighted by atomic mass is 9.99. The Labute approximate surface area is 239 Å². The first kappa shape index (κ1) is 27.1. The highest BCUT2D eigenvalue weighted by Crippen LogP contribution is 2.26. The largest absolute Gasteiger partial charge is 0.446 e. The van der Waals surface area contributed by atoms with E-state index in [1.807, 2.05) is 58.0 Å². The molecule has 1 aromatic heterocycles. The SMILES string of the molecule is Cn1c(=O)n(C2CCN(C(=O)[C@@H](Cc3ccc4ccccc4c3)NC(=O)OC3CCNCC3)CC2)c2ccccc21. The van der Waals surface area contributed by atoms with E-state index in [2.05, 4.69) is 28.8 Å². The second-order valence-electron chi connectivity index (χ2n) is 11.2. The maximum Gasteiger partial charge on any atom is 0.408 e. The van der Waals surface area contributed by atoms with Gasteiger partial charge in [-0.05, 0) is 67.2 Å². The van der Waals surface area contributed by atoms with Crippen LogP contribution in [0.15, 0.2) is 71.5 Å². The molecule has 0 aliphatic carbocycles. The van der Waals surface area contributed by atoms with Crippen LogP contribution < -0.4 is 16.3 Å². The predicted molar refractivity (Wildman–Crippen MR) is 159 cm³/mol. The number of piperidine rings is 2. The highest BCUT2D eigenvalue weighted by atomic mass is 16.6. The number of benzene rings is 3. The first-order valence-electron chi connectivity index (χ1n) is 14.6. The number of hydrogen-bond donors (Lipinski definition) is 2. The number of ether oxygens (including phenoxy) is 1. The molecule has 6 rings (SSSR count). The summed E-state index contributed by atoms with van der Waals surface area (Å²) in [5.74, 6) is -0.121. The van der Waals surface area contributed by atoms with Gasteiger partial charge in [0.2, 0.25) is 5.91 Å². The standard InChI is InChI=1S/C32H37N5O4/c1-35-28-8-4-5-9-29(28)37(32(35)40)25-14-18-36(19-15-25)30(38)27(34-31(39)41-26-12-16-33-17-13-26)21-22-10-11-23-6-2-3-7-24(23)20-22/h2-11,20,25-27,33H,12-19,21H2,1H3,(H,34,39)/t27-/m1/s1. The number of rotatable bonds is 6. The van der Waals surface area contributed by atoms with Crippen molar-refractivity contribution in [2.75, 3.05) is 26.2 Å². The Kier molecular flexibility index (Phi) is 7.78. The van der Waals surface area contributed by atoms with Gasteiger partial charge in [0.05, 0.1) is 11.0 Å². The van der Waals surface area contributed by atoms with Gasteiger partial charge in [0, 0.05) is 32.6 Å². The number of carbonyl (C=O) groups excluding carboxylic acids is 2. The molecule has 2 amide bonds. The van der Waals surface area contributed by atoms with E-state index in [1.165, 1.54) is 0 Å². The molecule has 214 valence electrons. The van der Waals surface area contributed by atoms with E-state index in [0.29, 0.717) is 32.4 Å². The summed E-state index contributed by atoms with van der Waals surface area (Å²) in [6.45, 7) is 2.65. The zero-order chi connectivity index (χ0) is 28.3. The van der Waals surface area contributed by atoms with Gasteiger partial charge >= 0.3 is 11.8 Å². The Morgan fingerprint density at radius 3 is 2.37 bits per heavy atom. The summed E-state index contributed by atoms with van der Waals surface area (Å²) in [4.78, 5) is 41.7. The number of para-hydroxylation sites is 2. The fourth-order valence-electron chi connectivity index (χ4n) is 6.28. The molecule has 3 heterocycles. The molecule has 0 saturated carbocycles. The summed E-state index contributed by atoms with van der Waals surface area (Å²) in [5.41, 5.74) is 2.76. The van der Waals surface area contributed by atoms with Crippen LogP contribution in [0.5, 0.6) is 0 Å². The molecule has 2 fully saturated rings. The molecular weight excluding hydrogens is 518 g/mol. The average molecular weight is 556 g/mol. The van der Waals surface area contributed by atoms with Gasteiger partial charge in [-0.25, -0.2) is 9.59 Å². The van der Waals surface area contributed by atoms with Crippen LogP contribution in [0.25, 0.3) is 21.8 Å². The lowest BCUT2D eigenvalue weighted by Gasteiger charge is -2.35. The van der Waals surface area contributed by atoms with Crippen LogP contribution in [0.1, 0.15) is 37.3 Å². The van der Waals surface area contributed by atoms with Crippen molar-refractivity contribution >= 4 is 33.8 Å². The van der Waals surface area contributed by atoms with E-state index in [1.54, 1.807) is 11.6 Å². The topological polar surface area (TPSA) is 97.6 Å². The molecule has 4 aromatic rings. The Bertz CT molecular complexity index is 1610. The number of fused-ring (bicyclic) bond motifs is 2. The molecule has 3 aromatic carbocycles. The summed E-state index contributed by atoms with van der Waals surface area (Å²) >= 11 is 0. The number of alkyl carbamates (subject to hydrolysis) is 1. The van der Waals surface area contributed by atoms with Crippen molar-refractivity contribution in [2.24, 2.45) is 7.05 Å². The van der Waals surface area contributed by atoms with Crippen LogP contribution in [-0.4, -0.2) is 64.4 Å². The normalized spacial score (nSPS) is 17.5. The molecule has 0 radical (unpaired) electrons. The van der Waals surface area contributed by atoms with E-state index in [9.17, 15) is 14.4 Å². The Morgan fingerprint density at radius 1 is 0.927 bits per heavy atom. The highest BCUT2D eigenvalue weighted by Gasteiger charge is 2.32. The number of aromatic nitrogens is 2. The van der Waals surface area contributed by atoms with Crippen LogP contribution in [0.4, 0.5) is 4.79 Å². The van der Waals surface area contributed by atoms with E-state index < -0.39 is 12.1 Å². The first-order chi connectivity index (χ1) is 20.0. The highest BCUT2D eigenvalue weighted by molar-refractivity contribution is 5.87. The molecule has 0 spiro atoms.